The van der Waals surface area contributed by atoms with Crippen LogP contribution in [0.4, 0.5) is 0 Å². The first-order valence-electron chi connectivity index (χ1n) is 13.5. The molecular formula is C24H52O7P2. The first-order valence-corrected chi connectivity index (χ1v) is 16.5. The van der Waals surface area contributed by atoms with E-state index in [0.717, 1.165) is 38.5 Å². The van der Waals surface area contributed by atoms with E-state index >= 15 is 0 Å². The lowest BCUT2D eigenvalue weighted by Gasteiger charge is -2.18. The summed E-state index contributed by atoms with van der Waals surface area (Å²) in [4.78, 5) is 18.1. The van der Waals surface area contributed by atoms with Crippen molar-refractivity contribution < 1.29 is 32.3 Å². The average Bonchev–Trinajstić information content (AvgIpc) is 2.74. The topological polar surface area (TPSA) is 102 Å². The van der Waals surface area contributed by atoms with Gasteiger partial charge in [0, 0.05) is 0 Å². The van der Waals surface area contributed by atoms with Gasteiger partial charge in [-0.2, -0.15) is 4.31 Å². The van der Waals surface area contributed by atoms with Crippen molar-refractivity contribution in [3.63, 3.8) is 0 Å². The zero-order valence-electron chi connectivity index (χ0n) is 21.4. The molecule has 0 aromatic carbocycles. The maximum atomic E-state index is 12.6. The normalized spacial score (nSPS) is 12.5. The molecule has 0 unspecified atom stereocenters. The molecule has 7 nitrogen and oxygen atoms in total. The smallest absolute Gasteiger partial charge is 0.302 e. The summed E-state index contributed by atoms with van der Waals surface area (Å²) in [6.07, 6.45) is 23.0. The molecule has 0 radical (unpaired) electrons. The lowest BCUT2D eigenvalue weighted by Crippen LogP contribution is -2.02. The highest BCUT2D eigenvalue weighted by Crippen LogP contribution is 2.61. The van der Waals surface area contributed by atoms with Crippen molar-refractivity contribution >= 4 is 15.6 Å². The number of phosphoric ester groups is 1. The molecule has 0 saturated heterocycles. The Labute approximate surface area is 203 Å². The molecule has 0 atom stereocenters. The second-order valence-electron chi connectivity index (χ2n) is 9.05. The Balaban J connectivity index is 3.88. The van der Waals surface area contributed by atoms with Crippen LogP contribution in [0.1, 0.15) is 142 Å². The van der Waals surface area contributed by atoms with Crippen molar-refractivity contribution in [2.75, 3.05) is 13.2 Å². The lowest BCUT2D eigenvalue weighted by molar-refractivity contribution is 0.136. The molecular weight excluding hydrogens is 462 g/mol. The fourth-order valence-electron chi connectivity index (χ4n) is 3.75. The molecule has 0 amide bonds. The van der Waals surface area contributed by atoms with Gasteiger partial charge >= 0.3 is 15.6 Å². The van der Waals surface area contributed by atoms with E-state index in [4.69, 9.17) is 18.8 Å². The number of phosphoric acid groups is 2. The fraction of sp³-hybridized carbons (Fsp3) is 1.00. The van der Waals surface area contributed by atoms with Crippen LogP contribution in [-0.2, 0) is 22.5 Å². The van der Waals surface area contributed by atoms with Crippen LogP contribution < -0.4 is 0 Å². The van der Waals surface area contributed by atoms with E-state index in [2.05, 4.69) is 18.2 Å². The van der Waals surface area contributed by atoms with Crippen LogP contribution in [0, 0.1) is 0 Å². The first kappa shape index (κ1) is 33.3. The van der Waals surface area contributed by atoms with E-state index in [0.29, 0.717) is 12.8 Å². The van der Waals surface area contributed by atoms with Crippen LogP contribution in [-0.4, -0.2) is 23.0 Å². The molecule has 0 fully saturated rings. The third-order valence-corrected chi connectivity index (χ3v) is 8.35. The highest BCUT2D eigenvalue weighted by Gasteiger charge is 2.35. The fourth-order valence-corrected chi connectivity index (χ4v) is 5.95. The Morgan fingerprint density at radius 1 is 0.485 bits per heavy atom. The van der Waals surface area contributed by atoms with Crippen LogP contribution >= 0.6 is 15.6 Å². The Bertz CT molecular complexity index is 481. The minimum absolute atomic E-state index is 0.103. The molecule has 0 heterocycles. The zero-order chi connectivity index (χ0) is 24.7. The molecule has 0 aromatic rings. The summed E-state index contributed by atoms with van der Waals surface area (Å²) in [5, 5.41) is 0. The predicted molar refractivity (Wildman–Crippen MR) is 136 cm³/mol. The number of hydrogen-bond donors (Lipinski definition) is 2. The maximum absolute atomic E-state index is 12.6. The number of unbranched alkanes of at least 4 members (excludes halogenated alkanes) is 18. The van der Waals surface area contributed by atoms with Gasteiger partial charge < -0.3 is 9.79 Å². The van der Waals surface area contributed by atoms with E-state index in [9.17, 15) is 9.13 Å². The molecule has 0 aliphatic rings. The molecule has 0 aliphatic carbocycles. The number of rotatable bonds is 26. The molecule has 9 heteroatoms. The molecule has 0 rings (SSSR count). The first-order chi connectivity index (χ1) is 15.8. The average molecular weight is 515 g/mol. The van der Waals surface area contributed by atoms with Crippen LogP contribution in [0.25, 0.3) is 0 Å². The summed E-state index contributed by atoms with van der Waals surface area (Å²) in [5.41, 5.74) is 0. The molecule has 0 saturated carbocycles. The molecule has 2 N–H and O–H groups in total. The van der Waals surface area contributed by atoms with Gasteiger partial charge in [0.2, 0.25) is 0 Å². The highest BCUT2D eigenvalue weighted by atomic mass is 31.3. The maximum Gasteiger partial charge on any atom is 0.483 e. The number of hydrogen-bond acceptors (Lipinski definition) is 5. The lowest BCUT2D eigenvalue weighted by atomic mass is 10.1. The molecule has 0 spiro atoms. The van der Waals surface area contributed by atoms with Gasteiger partial charge in [0.15, 0.2) is 0 Å². The van der Waals surface area contributed by atoms with E-state index in [1.165, 1.54) is 77.0 Å². The van der Waals surface area contributed by atoms with Gasteiger partial charge in [-0.05, 0) is 12.8 Å². The summed E-state index contributed by atoms with van der Waals surface area (Å²) in [6.45, 7) is 4.64. The summed E-state index contributed by atoms with van der Waals surface area (Å²) < 4.78 is 38.5. The van der Waals surface area contributed by atoms with Crippen LogP contribution in [0.2, 0.25) is 0 Å². The third kappa shape index (κ3) is 25.2. The van der Waals surface area contributed by atoms with E-state index in [1.807, 2.05) is 0 Å². The van der Waals surface area contributed by atoms with E-state index in [-0.39, 0.29) is 13.2 Å². The molecule has 33 heavy (non-hydrogen) atoms. The second-order valence-corrected chi connectivity index (χ2v) is 12.1. The summed E-state index contributed by atoms with van der Waals surface area (Å²) in [5.74, 6) is 0. The zero-order valence-corrected chi connectivity index (χ0v) is 23.2. The Kier molecular flexibility index (Phi) is 22.9. The van der Waals surface area contributed by atoms with Gasteiger partial charge in [0.1, 0.15) is 0 Å². The monoisotopic (exact) mass is 514 g/mol. The van der Waals surface area contributed by atoms with E-state index in [1.54, 1.807) is 0 Å². The molecule has 0 bridgehead atoms. The van der Waals surface area contributed by atoms with Crippen molar-refractivity contribution in [1.82, 2.24) is 0 Å². The van der Waals surface area contributed by atoms with Gasteiger partial charge in [-0.3, -0.25) is 9.05 Å². The summed E-state index contributed by atoms with van der Waals surface area (Å²) >= 11 is 0. The Morgan fingerprint density at radius 3 is 1.03 bits per heavy atom. The molecule has 0 aliphatic heterocycles. The van der Waals surface area contributed by atoms with Crippen molar-refractivity contribution in [2.24, 2.45) is 0 Å². The SMILES string of the molecule is CCCCCCCCCCCCOP(=O)(OCCCCCCCCCCCC)OP(=O)(O)O. The third-order valence-electron chi connectivity index (χ3n) is 5.70. The van der Waals surface area contributed by atoms with Crippen molar-refractivity contribution in [3.8, 4) is 0 Å². The van der Waals surface area contributed by atoms with Gasteiger partial charge in [0.05, 0.1) is 13.2 Å². The summed E-state index contributed by atoms with van der Waals surface area (Å²) in [7, 11) is -9.22. The minimum atomic E-state index is -4.96. The van der Waals surface area contributed by atoms with E-state index < -0.39 is 15.6 Å². The van der Waals surface area contributed by atoms with Crippen molar-refractivity contribution in [2.45, 2.75) is 142 Å². The van der Waals surface area contributed by atoms with Gasteiger partial charge in [-0.1, -0.05) is 129 Å². The van der Waals surface area contributed by atoms with Crippen LogP contribution in [0.15, 0.2) is 0 Å². The summed E-state index contributed by atoms with van der Waals surface area (Å²) in [6, 6.07) is 0. The quantitative estimate of drug-likeness (QED) is 0.0876. The van der Waals surface area contributed by atoms with Crippen LogP contribution in [0.5, 0.6) is 0 Å². The Hall–Kier alpha value is 0.260. The van der Waals surface area contributed by atoms with Crippen LogP contribution in [0.3, 0.4) is 0 Å². The molecule has 200 valence electrons. The highest BCUT2D eigenvalue weighted by molar-refractivity contribution is 7.61. The predicted octanol–water partition coefficient (Wildman–Crippen LogP) is 9.08. The largest absolute Gasteiger partial charge is 0.483 e. The van der Waals surface area contributed by atoms with Gasteiger partial charge in [-0.15, -0.1) is 0 Å². The van der Waals surface area contributed by atoms with Crippen molar-refractivity contribution in [3.05, 3.63) is 0 Å². The standard InChI is InChI=1S/C24H52O7P2/c1-3-5-7-9-11-13-15-17-19-21-23-29-33(28,31-32(25,26)27)30-24-22-20-18-16-14-12-10-8-6-4-2/h3-24H2,1-2H3,(H2,25,26,27). The molecule has 0 aromatic heterocycles. The Morgan fingerprint density at radius 2 is 0.758 bits per heavy atom. The van der Waals surface area contributed by atoms with Gasteiger partial charge in [-0.25, -0.2) is 9.13 Å². The van der Waals surface area contributed by atoms with Crippen molar-refractivity contribution in [1.29, 1.82) is 0 Å². The van der Waals surface area contributed by atoms with Gasteiger partial charge in [0.25, 0.3) is 0 Å². The minimum Gasteiger partial charge on any atom is -0.302 e. The second kappa shape index (κ2) is 22.7.